The number of hydrogen-bond acceptors (Lipinski definition) is 6. The Bertz CT molecular complexity index is 720. The van der Waals surface area contributed by atoms with Crippen LogP contribution in [0.3, 0.4) is 0 Å². The fraction of sp³-hybridized carbons (Fsp3) is 0.312. The van der Waals surface area contributed by atoms with Crippen molar-refractivity contribution in [2.24, 2.45) is 0 Å². The first-order chi connectivity index (χ1) is 11.5. The second kappa shape index (κ2) is 8.75. The summed E-state index contributed by atoms with van der Waals surface area (Å²) in [5.74, 6) is -0.197. The van der Waals surface area contributed by atoms with Gasteiger partial charge in [-0.05, 0) is 26.0 Å². The molecule has 2 aromatic rings. The molecular formula is C16H17ClN2O4S. The van der Waals surface area contributed by atoms with Crippen LogP contribution < -0.4 is 5.32 Å². The number of anilines is 1. The molecule has 1 atom stereocenters. The number of ether oxygens (including phenoxy) is 1. The van der Waals surface area contributed by atoms with E-state index in [1.807, 2.05) is 18.2 Å². The first kappa shape index (κ1) is 18.4. The summed E-state index contributed by atoms with van der Waals surface area (Å²) in [5.41, 5.74) is 0.645. The lowest BCUT2D eigenvalue weighted by atomic mass is 10.3. The lowest BCUT2D eigenvalue weighted by Gasteiger charge is -2.12. The number of carbonyl (C=O) groups excluding carboxylic acids is 2. The number of amides is 1. The minimum absolute atomic E-state index is 0.176. The normalized spacial score (nSPS) is 11.8. The molecule has 2 rings (SSSR count). The highest BCUT2D eigenvalue weighted by Crippen LogP contribution is 2.27. The standard InChI is InChI=1S/C16H17ClN2O4S/c1-10-9-14(23-19-10)18-16(21)11(2)22-15(20)7-8-24-13-6-4-3-5-12(13)17/h3-6,9,11H,7-8H2,1-2H3,(H,18,21). The molecule has 0 aliphatic carbocycles. The summed E-state index contributed by atoms with van der Waals surface area (Å²) < 4.78 is 9.98. The molecule has 6 nitrogen and oxygen atoms in total. The van der Waals surface area contributed by atoms with Crippen molar-refractivity contribution in [3.05, 3.63) is 41.0 Å². The summed E-state index contributed by atoms with van der Waals surface area (Å²) in [5, 5.41) is 6.79. The van der Waals surface area contributed by atoms with E-state index in [1.54, 1.807) is 19.1 Å². The van der Waals surface area contributed by atoms with E-state index in [0.717, 1.165) is 4.90 Å². The van der Waals surface area contributed by atoms with Gasteiger partial charge in [0.1, 0.15) is 0 Å². The maximum absolute atomic E-state index is 11.9. The molecule has 8 heteroatoms. The maximum Gasteiger partial charge on any atom is 0.307 e. The lowest BCUT2D eigenvalue weighted by molar-refractivity contribution is -0.152. The van der Waals surface area contributed by atoms with E-state index < -0.39 is 18.0 Å². The molecule has 1 aromatic heterocycles. The molecule has 0 aliphatic rings. The van der Waals surface area contributed by atoms with E-state index in [2.05, 4.69) is 10.5 Å². The van der Waals surface area contributed by atoms with Crippen molar-refractivity contribution >= 4 is 41.1 Å². The Morgan fingerprint density at radius 3 is 2.83 bits per heavy atom. The summed E-state index contributed by atoms with van der Waals surface area (Å²) in [4.78, 5) is 24.6. The Labute approximate surface area is 148 Å². The van der Waals surface area contributed by atoms with Gasteiger partial charge in [-0.15, -0.1) is 11.8 Å². The van der Waals surface area contributed by atoms with E-state index in [1.165, 1.54) is 18.7 Å². The van der Waals surface area contributed by atoms with Crippen molar-refractivity contribution in [3.63, 3.8) is 0 Å². The van der Waals surface area contributed by atoms with Gasteiger partial charge in [-0.1, -0.05) is 28.9 Å². The number of thioether (sulfide) groups is 1. The third-order valence-corrected chi connectivity index (χ3v) is 4.47. The van der Waals surface area contributed by atoms with E-state index >= 15 is 0 Å². The van der Waals surface area contributed by atoms with Crippen LogP contribution in [0.4, 0.5) is 5.88 Å². The average Bonchev–Trinajstić information content (AvgIpc) is 2.94. The summed E-state index contributed by atoms with van der Waals surface area (Å²) in [7, 11) is 0. The Hall–Kier alpha value is -1.99. The molecule has 0 aliphatic heterocycles. The Morgan fingerprint density at radius 2 is 2.17 bits per heavy atom. The third-order valence-electron chi connectivity index (χ3n) is 2.95. The first-order valence-corrected chi connectivity index (χ1v) is 8.63. The SMILES string of the molecule is Cc1cc(NC(=O)C(C)OC(=O)CCSc2ccccc2Cl)on1. The number of esters is 1. The van der Waals surface area contributed by atoms with Gasteiger partial charge in [0.2, 0.25) is 5.88 Å². The van der Waals surface area contributed by atoms with Crippen molar-refractivity contribution in [2.75, 3.05) is 11.1 Å². The molecular weight excluding hydrogens is 352 g/mol. The molecule has 1 heterocycles. The topological polar surface area (TPSA) is 81.4 Å². The number of carbonyl (C=O) groups is 2. The van der Waals surface area contributed by atoms with Gasteiger partial charge in [-0.2, -0.15) is 0 Å². The minimum Gasteiger partial charge on any atom is -0.453 e. The van der Waals surface area contributed by atoms with Crippen LogP contribution in [0, 0.1) is 6.92 Å². The Kier molecular flexibility index (Phi) is 6.69. The van der Waals surface area contributed by atoms with Gasteiger partial charge in [0.25, 0.3) is 5.91 Å². The molecule has 0 radical (unpaired) electrons. The highest BCUT2D eigenvalue weighted by atomic mass is 35.5. The third kappa shape index (κ3) is 5.58. The molecule has 0 saturated heterocycles. The van der Waals surface area contributed by atoms with Gasteiger partial charge in [-0.25, -0.2) is 0 Å². The number of aromatic nitrogens is 1. The molecule has 1 N–H and O–H groups in total. The van der Waals surface area contributed by atoms with Gasteiger partial charge in [0.15, 0.2) is 6.10 Å². The van der Waals surface area contributed by atoms with E-state index in [-0.39, 0.29) is 12.3 Å². The van der Waals surface area contributed by atoms with E-state index in [0.29, 0.717) is 16.5 Å². The van der Waals surface area contributed by atoms with Gasteiger partial charge in [-0.3, -0.25) is 14.9 Å². The quantitative estimate of drug-likeness (QED) is 0.593. The summed E-state index contributed by atoms with van der Waals surface area (Å²) in [6, 6.07) is 8.97. The van der Waals surface area contributed by atoms with Gasteiger partial charge in [0.05, 0.1) is 17.1 Å². The van der Waals surface area contributed by atoms with Gasteiger partial charge >= 0.3 is 5.97 Å². The molecule has 1 unspecified atom stereocenters. The Morgan fingerprint density at radius 1 is 1.42 bits per heavy atom. The number of benzene rings is 1. The van der Waals surface area contributed by atoms with Crippen LogP contribution >= 0.6 is 23.4 Å². The van der Waals surface area contributed by atoms with Crippen LogP contribution in [0.15, 0.2) is 39.8 Å². The molecule has 0 fully saturated rings. The average molecular weight is 369 g/mol. The number of nitrogens with zero attached hydrogens (tertiary/aromatic N) is 1. The zero-order chi connectivity index (χ0) is 17.5. The van der Waals surface area contributed by atoms with Crippen molar-refractivity contribution in [3.8, 4) is 0 Å². The predicted octanol–water partition coefficient (Wildman–Crippen LogP) is 3.69. The van der Waals surface area contributed by atoms with Crippen LogP contribution in [-0.2, 0) is 14.3 Å². The largest absolute Gasteiger partial charge is 0.453 e. The second-order valence-electron chi connectivity index (χ2n) is 4.98. The van der Waals surface area contributed by atoms with Crippen LogP contribution in [0.2, 0.25) is 5.02 Å². The lowest BCUT2D eigenvalue weighted by Crippen LogP contribution is -2.29. The molecule has 0 spiro atoms. The number of halogens is 1. The molecule has 128 valence electrons. The van der Waals surface area contributed by atoms with Crippen molar-refractivity contribution < 1.29 is 18.8 Å². The van der Waals surface area contributed by atoms with Crippen LogP contribution in [0.5, 0.6) is 0 Å². The van der Waals surface area contributed by atoms with Crippen LogP contribution in [0.1, 0.15) is 19.0 Å². The number of nitrogens with one attached hydrogen (secondary N) is 1. The second-order valence-corrected chi connectivity index (χ2v) is 6.53. The monoisotopic (exact) mass is 368 g/mol. The molecule has 1 amide bonds. The summed E-state index contributed by atoms with van der Waals surface area (Å²) in [6.07, 6.45) is -0.747. The Balaban J connectivity index is 1.73. The minimum atomic E-state index is -0.923. The van der Waals surface area contributed by atoms with E-state index in [4.69, 9.17) is 20.9 Å². The molecule has 24 heavy (non-hydrogen) atoms. The highest BCUT2D eigenvalue weighted by molar-refractivity contribution is 7.99. The highest BCUT2D eigenvalue weighted by Gasteiger charge is 2.19. The molecule has 1 aromatic carbocycles. The fourth-order valence-corrected chi connectivity index (χ4v) is 2.93. The molecule has 0 saturated carbocycles. The molecule has 0 bridgehead atoms. The van der Waals surface area contributed by atoms with Gasteiger partial charge < -0.3 is 9.26 Å². The summed E-state index contributed by atoms with van der Waals surface area (Å²) >= 11 is 7.50. The van der Waals surface area contributed by atoms with Crippen LogP contribution in [-0.4, -0.2) is 28.9 Å². The van der Waals surface area contributed by atoms with Crippen molar-refractivity contribution in [2.45, 2.75) is 31.3 Å². The predicted molar refractivity (Wildman–Crippen MR) is 92.2 cm³/mol. The van der Waals surface area contributed by atoms with Crippen molar-refractivity contribution in [1.82, 2.24) is 5.16 Å². The number of hydrogen-bond donors (Lipinski definition) is 1. The first-order valence-electron chi connectivity index (χ1n) is 7.26. The maximum atomic E-state index is 11.9. The van der Waals surface area contributed by atoms with Gasteiger partial charge in [0, 0.05) is 16.7 Å². The number of rotatable bonds is 7. The summed E-state index contributed by atoms with van der Waals surface area (Å²) in [6.45, 7) is 3.23. The van der Waals surface area contributed by atoms with E-state index in [9.17, 15) is 9.59 Å². The number of aryl methyl sites for hydroxylation is 1. The zero-order valence-electron chi connectivity index (χ0n) is 13.2. The zero-order valence-corrected chi connectivity index (χ0v) is 14.8. The fourth-order valence-electron chi connectivity index (χ4n) is 1.76. The van der Waals surface area contributed by atoms with Crippen LogP contribution in [0.25, 0.3) is 0 Å². The smallest absolute Gasteiger partial charge is 0.307 e. The van der Waals surface area contributed by atoms with Crippen molar-refractivity contribution in [1.29, 1.82) is 0 Å².